The zero-order chi connectivity index (χ0) is 19.1. The monoisotopic (exact) mass is 352 g/mol. The van der Waals surface area contributed by atoms with Gasteiger partial charge >= 0.3 is 0 Å². The molecule has 0 heterocycles. The molecular formula is C22H28N2O2. The normalized spacial score (nSPS) is 11.9. The zero-order valence-electron chi connectivity index (χ0n) is 16.0. The van der Waals surface area contributed by atoms with E-state index in [2.05, 4.69) is 17.6 Å². The Morgan fingerprint density at radius 2 is 1.65 bits per heavy atom. The lowest BCUT2D eigenvalue weighted by Gasteiger charge is -2.22. The fraction of sp³-hybridized carbons (Fsp3) is 0.364. The first-order valence-electron chi connectivity index (χ1n) is 9.18. The molecule has 0 bridgehead atoms. The number of benzene rings is 2. The summed E-state index contributed by atoms with van der Waals surface area (Å²) in [5.41, 5.74) is 3.47. The Balaban J connectivity index is 2.07. The van der Waals surface area contributed by atoms with Crippen LogP contribution in [-0.4, -0.2) is 17.9 Å². The molecule has 0 aliphatic rings. The summed E-state index contributed by atoms with van der Waals surface area (Å²) in [6.45, 7) is 7.87. The summed E-state index contributed by atoms with van der Waals surface area (Å²) in [6, 6.07) is 14.6. The van der Waals surface area contributed by atoms with E-state index in [1.165, 1.54) is 5.56 Å². The summed E-state index contributed by atoms with van der Waals surface area (Å²) in [7, 11) is 0. The second-order valence-electron chi connectivity index (χ2n) is 6.95. The van der Waals surface area contributed by atoms with Gasteiger partial charge in [0.05, 0.1) is 0 Å². The van der Waals surface area contributed by atoms with E-state index in [1.54, 1.807) is 6.07 Å². The van der Waals surface area contributed by atoms with Gasteiger partial charge in [-0.2, -0.15) is 0 Å². The molecule has 138 valence electrons. The Morgan fingerprint density at radius 3 is 2.23 bits per heavy atom. The van der Waals surface area contributed by atoms with Gasteiger partial charge in [-0.3, -0.25) is 9.59 Å². The van der Waals surface area contributed by atoms with Crippen LogP contribution in [0.2, 0.25) is 0 Å². The molecule has 2 N–H and O–H groups in total. The Kier molecular flexibility index (Phi) is 6.96. The smallest absolute Gasteiger partial charge is 0.252 e. The second kappa shape index (κ2) is 9.18. The maximum atomic E-state index is 12.7. The lowest BCUT2D eigenvalue weighted by atomic mass is 10.0. The van der Waals surface area contributed by atoms with Gasteiger partial charge in [-0.15, -0.1) is 0 Å². The number of hydrogen-bond acceptors (Lipinski definition) is 2. The molecular weight excluding hydrogens is 324 g/mol. The Morgan fingerprint density at radius 1 is 1.00 bits per heavy atom. The molecule has 0 aliphatic heterocycles. The van der Waals surface area contributed by atoms with Crippen molar-refractivity contribution < 1.29 is 9.59 Å². The van der Waals surface area contributed by atoms with Crippen LogP contribution >= 0.6 is 0 Å². The van der Waals surface area contributed by atoms with Crippen molar-refractivity contribution in [2.75, 3.05) is 5.32 Å². The highest BCUT2D eigenvalue weighted by molar-refractivity contribution is 6.01. The number of anilines is 1. The highest BCUT2D eigenvalue weighted by Crippen LogP contribution is 2.14. The molecule has 2 rings (SSSR count). The maximum Gasteiger partial charge on any atom is 0.252 e. The van der Waals surface area contributed by atoms with Gasteiger partial charge in [0.2, 0.25) is 5.91 Å². The van der Waals surface area contributed by atoms with E-state index < -0.39 is 6.04 Å². The molecule has 0 fully saturated rings. The first-order valence-corrected chi connectivity index (χ1v) is 9.18. The third-order valence-corrected chi connectivity index (χ3v) is 4.39. The molecule has 0 saturated heterocycles. The first-order chi connectivity index (χ1) is 12.4. The summed E-state index contributed by atoms with van der Waals surface area (Å²) in [6.07, 6.45) is 2.11. The van der Waals surface area contributed by atoms with Crippen LogP contribution in [0.4, 0.5) is 5.69 Å². The van der Waals surface area contributed by atoms with Gasteiger partial charge in [-0.1, -0.05) is 57.5 Å². The zero-order valence-corrected chi connectivity index (χ0v) is 16.0. The number of nitrogens with one attached hydrogen (secondary N) is 2. The van der Waals surface area contributed by atoms with Crippen LogP contribution in [0.3, 0.4) is 0 Å². The summed E-state index contributed by atoms with van der Waals surface area (Å²) in [4.78, 5) is 25.3. The van der Waals surface area contributed by atoms with Crippen molar-refractivity contribution in [3.63, 3.8) is 0 Å². The average Bonchev–Trinajstić information content (AvgIpc) is 2.61. The molecule has 2 amide bonds. The molecule has 4 heteroatoms. The van der Waals surface area contributed by atoms with Gasteiger partial charge in [-0.05, 0) is 48.6 Å². The average molecular weight is 352 g/mol. The lowest BCUT2D eigenvalue weighted by molar-refractivity contribution is -0.118. The van der Waals surface area contributed by atoms with E-state index in [0.29, 0.717) is 5.56 Å². The SMILES string of the molecule is CCCc1ccc(NC(=O)C(NC(=O)c2ccccc2C)C(C)C)cc1. The third-order valence-electron chi connectivity index (χ3n) is 4.39. The molecule has 1 unspecified atom stereocenters. The van der Waals surface area contributed by atoms with Gasteiger partial charge in [0.25, 0.3) is 5.91 Å². The van der Waals surface area contributed by atoms with Crippen LogP contribution in [0, 0.1) is 12.8 Å². The number of amides is 2. The standard InChI is InChI=1S/C22H28N2O2/c1-5-8-17-11-13-18(14-12-17)23-22(26)20(15(2)3)24-21(25)19-10-7-6-9-16(19)4/h6-7,9-15,20H,5,8H2,1-4H3,(H,23,26)(H,24,25). The minimum atomic E-state index is -0.600. The van der Waals surface area contributed by atoms with Crippen LogP contribution in [-0.2, 0) is 11.2 Å². The van der Waals surface area contributed by atoms with Crippen LogP contribution in [0.5, 0.6) is 0 Å². The predicted molar refractivity (Wildman–Crippen MR) is 106 cm³/mol. The van der Waals surface area contributed by atoms with E-state index in [-0.39, 0.29) is 17.7 Å². The molecule has 0 aliphatic carbocycles. The molecule has 0 saturated carbocycles. The molecule has 0 aromatic heterocycles. The molecule has 2 aromatic carbocycles. The van der Waals surface area contributed by atoms with E-state index in [4.69, 9.17) is 0 Å². The highest BCUT2D eigenvalue weighted by Gasteiger charge is 2.25. The summed E-state index contributed by atoms with van der Waals surface area (Å²) >= 11 is 0. The van der Waals surface area contributed by atoms with Crippen molar-refractivity contribution >= 4 is 17.5 Å². The lowest BCUT2D eigenvalue weighted by Crippen LogP contribution is -2.47. The molecule has 26 heavy (non-hydrogen) atoms. The highest BCUT2D eigenvalue weighted by atomic mass is 16.2. The Labute approximate surface area is 156 Å². The maximum absolute atomic E-state index is 12.7. The van der Waals surface area contributed by atoms with Crippen molar-refractivity contribution in [3.8, 4) is 0 Å². The molecule has 4 nitrogen and oxygen atoms in total. The number of carbonyl (C=O) groups is 2. The molecule has 2 aromatic rings. The fourth-order valence-corrected chi connectivity index (χ4v) is 2.85. The summed E-state index contributed by atoms with van der Waals surface area (Å²) < 4.78 is 0. The van der Waals surface area contributed by atoms with E-state index in [9.17, 15) is 9.59 Å². The number of carbonyl (C=O) groups excluding carboxylic acids is 2. The second-order valence-corrected chi connectivity index (χ2v) is 6.95. The molecule has 0 radical (unpaired) electrons. The largest absolute Gasteiger partial charge is 0.340 e. The van der Waals surface area contributed by atoms with Crippen LogP contribution in [0.25, 0.3) is 0 Å². The van der Waals surface area contributed by atoms with Crippen LogP contribution < -0.4 is 10.6 Å². The molecule has 1 atom stereocenters. The van der Waals surface area contributed by atoms with Crippen molar-refractivity contribution in [2.24, 2.45) is 5.92 Å². The van der Waals surface area contributed by atoms with E-state index in [1.807, 2.05) is 63.2 Å². The summed E-state index contributed by atoms with van der Waals surface area (Å²) in [5.74, 6) is -0.456. The predicted octanol–water partition coefficient (Wildman–Crippen LogP) is 4.34. The van der Waals surface area contributed by atoms with Gasteiger partial charge in [0, 0.05) is 11.3 Å². The minimum Gasteiger partial charge on any atom is -0.340 e. The van der Waals surface area contributed by atoms with Crippen molar-refractivity contribution in [1.29, 1.82) is 0 Å². The quantitative estimate of drug-likeness (QED) is 0.779. The van der Waals surface area contributed by atoms with Crippen LogP contribution in [0.15, 0.2) is 48.5 Å². The topological polar surface area (TPSA) is 58.2 Å². The number of hydrogen-bond donors (Lipinski definition) is 2. The van der Waals surface area contributed by atoms with Crippen molar-refractivity contribution in [3.05, 3.63) is 65.2 Å². The fourth-order valence-electron chi connectivity index (χ4n) is 2.85. The van der Waals surface area contributed by atoms with Crippen LogP contribution in [0.1, 0.15) is 48.7 Å². The van der Waals surface area contributed by atoms with Gasteiger partial charge in [-0.25, -0.2) is 0 Å². The summed E-state index contributed by atoms with van der Waals surface area (Å²) in [5, 5.41) is 5.78. The molecule has 0 spiro atoms. The van der Waals surface area contributed by atoms with E-state index in [0.717, 1.165) is 24.1 Å². The third kappa shape index (κ3) is 5.19. The van der Waals surface area contributed by atoms with Gasteiger partial charge < -0.3 is 10.6 Å². The van der Waals surface area contributed by atoms with Gasteiger partial charge in [0.1, 0.15) is 6.04 Å². The first kappa shape index (κ1) is 19.7. The number of aryl methyl sites for hydroxylation is 2. The Bertz CT molecular complexity index is 751. The van der Waals surface area contributed by atoms with Crippen molar-refractivity contribution in [2.45, 2.75) is 46.6 Å². The van der Waals surface area contributed by atoms with E-state index >= 15 is 0 Å². The van der Waals surface area contributed by atoms with Crippen molar-refractivity contribution in [1.82, 2.24) is 5.32 Å². The minimum absolute atomic E-state index is 0.0256. The Hall–Kier alpha value is -2.62. The number of rotatable bonds is 7. The van der Waals surface area contributed by atoms with Gasteiger partial charge in [0.15, 0.2) is 0 Å².